The third kappa shape index (κ3) is 5.17. The van der Waals surface area contributed by atoms with Gasteiger partial charge in [0.25, 0.3) is 0 Å². The molecular weight excluding hydrogens is 458 g/mol. The molecule has 174 valence electrons. The van der Waals surface area contributed by atoms with Crippen molar-refractivity contribution >= 4 is 23.3 Å². The minimum absolute atomic E-state index is 0.106. The van der Waals surface area contributed by atoms with Crippen LogP contribution in [0.1, 0.15) is 5.56 Å². The molecule has 2 aromatic heterocycles. The van der Waals surface area contributed by atoms with Crippen molar-refractivity contribution in [1.29, 1.82) is 0 Å². The fourth-order valence-corrected chi connectivity index (χ4v) is 4.42. The fourth-order valence-electron chi connectivity index (χ4n) is 3.70. The summed E-state index contributed by atoms with van der Waals surface area (Å²) in [7, 11) is 1.62. The Balaban J connectivity index is 1.26. The lowest BCUT2D eigenvalue weighted by atomic mass is 10.0. The van der Waals surface area contributed by atoms with Gasteiger partial charge in [0.05, 0.1) is 18.6 Å². The highest BCUT2D eigenvalue weighted by molar-refractivity contribution is 7.99. The Morgan fingerprint density at radius 3 is 2.37 bits per heavy atom. The number of para-hydroxylation sites is 1. The first-order chi connectivity index (χ1) is 17.2. The van der Waals surface area contributed by atoms with E-state index in [4.69, 9.17) is 9.84 Å². The van der Waals surface area contributed by atoms with Crippen LogP contribution in [0.5, 0.6) is 5.75 Å². The number of fused-ring (bicyclic) bond motifs is 1. The second kappa shape index (κ2) is 10.4. The van der Waals surface area contributed by atoms with Gasteiger partial charge in [0.2, 0.25) is 11.1 Å². The van der Waals surface area contributed by atoms with E-state index in [0.717, 1.165) is 28.1 Å². The lowest BCUT2D eigenvalue weighted by Gasteiger charge is -2.09. The van der Waals surface area contributed by atoms with Crippen molar-refractivity contribution < 1.29 is 9.53 Å². The van der Waals surface area contributed by atoms with Crippen LogP contribution in [0.3, 0.4) is 0 Å². The van der Waals surface area contributed by atoms with Gasteiger partial charge in [-0.15, -0.1) is 10.2 Å². The summed E-state index contributed by atoms with van der Waals surface area (Å²) in [5.41, 5.74) is 5.67. The molecule has 0 atom stereocenters. The molecule has 1 amide bonds. The zero-order chi connectivity index (χ0) is 24.0. The number of carbonyl (C=O) groups excluding carboxylic acids is 1. The number of hydrogen-bond donors (Lipinski definition) is 1. The molecular formula is C27H23N5O2S. The molecule has 5 rings (SSSR count). The lowest BCUT2D eigenvalue weighted by molar-refractivity contribution is -0.118. The topological polar surface area (TPSA) is 81.4 Å². The molecule has 0 radical (unpaired) electrons. The van der Waals surface area contributed by atoms with E-state index in [1.807, 2.05) is 54.6 Å². The van der Waals surface area contributed by atoms with Gasteiger partial charge in [-0.05, 0) is 29.3 Å². The van der Waals surface area contributed by atoms with Crippen molar-refractivity contribution in [2.75, 3.05) is 12.9 Å². The monoisotopic (exact) mass is 481 g/mol. The smallest absolute Gasteiger partial charge is 0.230 e. The van der Waals surface area contributed by atoms with Crippen molar-refractivity contribution in [1.82, 2.24) is 25.1 Å². The summed E-state index contributed by atoms with van der Waals surface area (Å²) in [6, 6.07) is 30.0. The molecule has 0 bridgehead atoms. The molecule has 0 fully saturated rings. The summed E-state index contributed by atoms with van der Waals surface area (Å²) >= 11 is 1.30. The van der Waals surface area contributed by atoms with Gasteiger partial charge in [-0.25, -0.2) is 0 Å². The van der Waals surface area contributed by atoms with E-state index in [-0.39, 0.29) is 11.7 Å². The van der Waals surface area contributed by atoms with Crippen LogP contribution in [0, 0.1) is 0 Å². The summed E-state index contributed by atoms with van der Waals surface area (Å²) < 4.78 is 7.01. The third-order valence-electron chi connectivity index (χ3n) is 5.52. The number of benzene rings is 3. The molecule has 8 heteroatoms. The van der Waals surface area contributed by atoms with E-state index >= 15 is 0 Å². The molecule has 0 aliphatic heterocycles. The highest BCUT2D eigenvalue weighted by atomic mass is 32.2. The molecule has 3 aromatic carbocycles. The van der Waals surface area contributed by atoms with Crippen LogP contribution in [0.4, 0.5) is 0 Å². The van der Waals surface area contributed by atoms with Crippen LogP contribution < -0.4 is 10.1 Å². The van der Waals surface area contributed by atoms with Crippen molar-refractivity contribution in [2.45, 2.75) is 11.7 Å². The molecule has 1 N–H and O–H groups in total. The Labute approximate surface area is 207 Å². The van der Waals surface area contributed by atoms with Crippen LogP contribution in [-0.2, 0) is 11.3 Å². The van der Waals surface area contributed by atoms with Gasteiger partial charge in [-0.2, -0.15) is 9.61 Å². The molecule has 35 heavy (non-hydrogen) atoms. The summed E-state index contributed by atoms with van der Waals surface area (Å²) in [6.07, 6.45) is 0. The van der Waals surface area contributed by atoms with E-state index in [1.165, 1.54) is 17.3 Å². The summed E-state index contributed by atoms with van der Waals surface area (Å²) in [5.74, 6) is 0.843. The van der Waals surface area contributed by atoms with Crippen molar-refractivity contribution in [3.8, 4) is 28.1 Å². The molecule has 2 heterocycles. The van der Waals surface area contributed by atoms with Gasteiger partial charge >= 0.3 is 0 Å². The maximum Gasteiger partial charge on any atom is 0.230 e. The lowest BCUT2D eigenvalue weighted by Crippen LogP contribution is -2.24. The quantitative estimate of drug-likeness (QED) is 0.318. The first kappa shape index (κ1) is 22.6. The molecule has 0 aliphatic rings. The number of thioether (sulfide) groups is 1. The minimum atomic E-state index is -0.106. The Morgan fingerprint density at radius 1 is 0.857 bits per heavy atom. The second-order valence-electron chi connectivity index (χ2n) is 7.79. The second-order valence-corrected chi connectivity index (χ2v) is 8.73. The van der Waals surface area contributed by atoms with Crippen LogP contribution in [0.2, 0.25) is 0 Å². The molecule has 0 saturated carbocycles. The SMILES string of the molecule is COc1ccccc1CNC(=O)CSc1nnc2ccc(-c3ccc(-c4ccccc4)cc3)nn12. The number of nitrogens with one attached hydrogen (secondary N) is 1. The Hall–Kier alpha value is -4.17. The highest BCUT2D eigenvalue weighted by Crippen LogP contribution is 2.25. The summed E-state index contributed by atoms with van der Waals surface area (Å²) in [6.45, 7) is 0.394. The Kier molecular flexibility index (Phi) is 6.72. The Morgan fingerprint density at radius 2 is 1.57 bits per heavy atom. The first-order valence-corrected chi connectivity index (χ1v) is 12.1. The van der Waals surface area contributed by atoms with E-state index < -0.39 is 0 Å². The Bertz CT molecular complexity index is 1450. The summed E-state index contributed by atoms with van der Waals surface area (Å²) in [5, 5.41) is 16.6. The van der Waals surface area contributed by atoms with Gasteiger partial charge in [0.15, 0.2) is 5.65 Å². The zero-order valence-electron chi connectivity index (χ0n) is 19.1. The number of ether oxygens (including phenoxy) is 1. The molecule has 7 nitrogen and oxygen atoms in total. The average Bonchev–Trinajstić information content (AvgIpc) is 3.33. The number of nitrogens with zero attached hydrogens (tertiary/aromatic N) is 4. The van der Waals surface area contributed by atoms with E-state index in [1.54, 1.807) is 11.6 Å². The van der Waals surface area contributed by atoms with Crippen molar-refractivity contribution in [2.24, 2.45) is 0 Å². The van der Waals surface area contributed by atoms with Crippen LogP contribution in [0.15, 0.2) is 96.2 Å². The van der Waals surface area contributed by atoms with Gasteiger partial charge in [-0.1, -0.05) is 84.6 Å². The number of methoxy groups -OCH3 is 1. The molecule has 0 saturated heterocycles. The van der Waals surface area contributed by atoms with Crippen molar-refractivity contribution in [3.63, 3.8) is 0 Å². The van der Waals surface area contributed by atoms with Crippen LogP contribution in [0.25, 0.3) is 28.0 Å². The molecule has 0 aliphatic carbocycles. The van der Waals surface area contributed by atoms with Crippen molar-refractivity contribution in [3.05, 3.63) is 96.6 Å². The van der Waals surface area contributed by atoms with E-state index in [2.05, 4.69) is 51.9 Å². The van der Waals surface area contributed by atoms with Gasteiger partial charge < -0.3 is 10.1 Å². The van der Waals surface area contributed by atoms with E-state index in [0.29, 0.717) is 17.3 Å². The molecule has 5 aromatic rings. The number of amides is 1. The number of carbonyl (C=O) groups is 1. The highest BCUT2D eigenvalue weighted by Gasteiger charge is 2.12. The normalized spacial score (nSPS) is 10.9. The largest absolute Gasteiger partial charge is 0.496 e. The number of aromatic nitrogens is 4. The molecule has 0 unspecified atom stereocenters. The van der Waals surface area contributed by atoms with Gasteiger partial charge in [0, 0.05) is 17.7 Å². The van der Waals surface area contributed by atoms with Gasteiger partial charge in [0.1, 0.15) is 5.75 Å². The standard InChI is InChI=1S/C27H23N5O2S/c1-34-24-10-6-5-9-22(24)17-28-26(33)18-35-27-30-29-25-16-15-23(31-32(25)27)21-13-11-20(12-14-21)19-7-3-2-4-8-19/h2-16H,17-18H2,1H3,(H,28,33). The average molecular weight is 482 g/mol. The minimum Gasteiger partial charge on any atom is -0.496 e. The maximum atomic E-state index is 12.4. The van der Waals surface area contributed by atoms with Gasteiger partial charge in [-0.3, -0.25) is 4.79 Å². The predicted molar refractivity (Wildman–Crippen MR) is 137 cm³/mol. The van der Waals surface area contributed by atoms with Crippen LogP contribution in [-0.4, -0.2) is 38.6 Å². The first-order valence-electron chi connectivity index (χ1n) is 11.1. The van der Waals surface area contributed by atoms with Crippen LogP contribution >= 0.6 is 11.8 Å². The van der Waals surface area contributed by atoms with E-state index in [9.17, 15) is 4.79 Å². The number of hydrogen-bond acceptors (Lipinski definition) is 6. The maximum absolute atomic E-state index is 12.4. The molecule has 0 spiro atoms. The predicted octanol–water partition coefficient (Wildman–Crippen LogP) is 4.88. The third-order valence-corrected chi connectivity index (χ3v) is 6.44. The number of rotatable bonds is 8. The zero-order valence-corrected chi connectivity index (χ0v) is 19.9. The summed E-state index contributed by atoms with van der Waals surface area (Å²) in [4.78, 5) is 12.4. The fraction of sp³-hybridized carbons (Fsp3) is 0.111.